The molecule has 5 nitrogen and oxygen atoms in total. The van der Waals surface area contributed by atoms with Gasteiger partial charge in [-0.2, -0.15) is 0 Å². The van der Waals surface area contributed by atoms with Gasteiger partial charge in [0.05, 0.1) is 19.1 Å². The van der Waals surface area contributed by atoms with Gasteiger partial charge in [-0.15, -0.1) is 0 Å². The highest BCUT2D eigenvalue weighted by Gasteiger charge is 2.35. The number of ether oxygens (including phenoxy) is 1. The number of hydrogen-bond donors (Lipinski definition) is 2. The minimum atomic E-state index is -0.0516. The van der Waals surface area contributed by atoms with Crippen LogP contribution in [0, 0.1) is 11.3 Å². The molecule has 0 aromatic rings. The van der Waals surface area contributed by atoms with Crippen LogP contribution in [0.3, 0.4) is 0 Å². The van der Waals surface area contributed by atoms with E-state index >= 15 is 0 Å². The summed E-state index contributed by atoms with van der Waals surface area (Å²) in [6.45, 7) is 4.27. The third-order valence-corrected chi connectivity index (χ3v) is 4.89. The largest absolute Gasteiger partial charge is 0.396 e. The lowest BCUT2D eigenvalue weighted by atomic mass is 9.87. The molecule has 1 heterocycles. The Morgan fingerprint density at radius 2 is 2.20 bits per heavy atom. The third-order valence-electron chi connectivity index (χ3n) is 4.89. The first kappa shape index (κ1) is 15.7. The van der Waals surface area contributed by atoms with Gasteiger partial charge in [0.1, 0.15) is 0 Å². The number of rotatable bonds is 7. The van der Waals surface area contributed by atoms with E-state index in [2.05, 4.69) is 10.2 Å². The molecule has 0 bridgehead atoms. The van der Waals surface area contributed by atoms with Gasteiger partial charge < -0.3 is 20.1 Å². The summed E-state index contributed by atoms with van der Waals surface area (Å²) in [6, 6.07) is 0. The summed E-state index contributed by atoms with van der Waals surface area (Å²) in [5.74, 6) is 0.258. The molecule has 0 radical (unpaired) electrons. The minimum absolute atomic E-state index is 0.0516. The highest BCUT2D eigenvalue weighted by Crippen LogP contribution is 2.37. The number of carbonyl (C=O) groups excluding carboxylic acids is 1. The van der Waals surface area contributed by atoms with E-state index in [1.165, 1.54) is 12.8 Å². The van der Waals surface area contributed by atoms with Crippen molar-refractivity contribution in [2.24, 2.45) is 11.3 Å². The van der Waals surface area contributed by atoms with Crippen molar-refractivity contribution in [1.82, 2.24) is 10.2 Å². The molecule has 0 spiro atoms. The fraction of sp³-hybridized carbons (Fsp3) is 0.933. The molecule has 2 N–H and O–H groups in total. The molecule has 2 aliphatic rings. The molecule has 2 rings (SSSR count). The smallest absolute Gasteiger partial charge is 0.224 e. The molecule has 1 aliphatic carbocycles. The van der Waals surface area contributed by atoms with Crippen LogP contribution < -0.4 is 5.32 Å². The number of amides is 1. The fourth-order valence-corrected chi connectivity index (χ4v) is 3.40. The number of nitrogens with one attached hydrogen (secondary N) is 1. The van der Waals surface area contributed by atoms with Crippen molar-refractivity contribution >= 4 is 5.91 Å². The molecule has 1 saturated carbocycles. The molecule has 0 aromatic heterocycles. The van der Waals surface area contributed by atoms with E-state index in [1.54, 1.807) is 7.11 Å². The van der Waals surface area contributed by atoms with Crippen molar-refractivity contribution in [2.75, 3.05) is 46.5 Å². The number of aliphatic hydroxyl groups is 1. The van der Waals surface area contributed by atoms with Crippen LogP contribution in [-0.4, -0.2) is 62.4 Å². The summed E-state index contributed by atoms with van der Waals surface area (Å²) < 4.78 is 5.07. The van der Waals surface area contributed by atoms with Crippen molar-refractivity contribution in [3.05, 3.63) is 0 Å². The van der Waals surface area contributed by atoms with E-state index in [1.807, 2.05) is 0 Å². The second kappa shape index (κ2) is 7.38. The SMILES string of the molecule is COCCN1CC[C@H](C(=O)NCC2(CO)CCCC2)C1. The summed E-state index contributed by atoms with van der Waals surface area (Å²) in [5.41, 5.74) is -0.0516. The van der Waals surface area contributed by atoms with Gasteiger partial charge in [0, 0.05) is 32.2 Å². The van der Waals surface area contributed by atoms with E-state index in [9.17, 15) is 9.90 Å². The predicted molar refractivity (Wildman–Crippen MR) is 77.4 cm³/mol. The minimum Gasteiger partial charge on any atom is -0.396 e. The molecule has 20 heavy (non-hydrogen) atoms. The van der Waals surface area contributed by atoms with Gasteiger partial charge >= 0.3 is 0 Å². The molecular formula is C15H28N2O3. The van der Waals surface area contributed by atoms with E-state index in [0.717, 1.165) is 45.5 Å². The molecule has 0 unspecified atom stereocenters. The number of aliphatic hydroxyl groups excluding tert-OH is 1. The van der Waals surface area contributed by atoms with Crippen LogP contribution in [0.1, 0.15) is 32.1 Å². The number of methoxy groups -OCH3 is 1. The Morgan fingerprint density at radius 1 is 1.45 bits per heavy atom. The normalized spacial score (nSPS) is 26.0. The van der Waals surface area contributed by atoms with Crippen LogP contribution >= 0.6 is 0 Å². The average molecular weight is 284 g/mol. The monoisotopic (exact) mass is 284 g/mol. The predicted octanol–water partition coefficient (Wildman–Crippen LogP) is 0.624. The molecule has 5 heteroatoms. The van der Waals surface area contributed by atoms with Crippen molar-refractivity contribution in [1.29, 1.82) is 0 Å². The van der Waals surface area contributed by atoms with Crippen LogP contribution in [0.15, 0.2) is 0 Å². The van der Waals surface area contributed by atoms with E-state index < -0.39 is 0 Å². The zero-order chi connectivity index (χ0) is 14.4. The first-order chi connectivity index (χ1) is 9.69. The van der Waals surface area contributed by atoms with Gasteiger partial charge in [0.25, 0.3) is 0 Å². The quantitative estimate of drug-likeness (QED) is 0.719. The lowest BCUT2D eigenvalue weighted by molar-refractivity contribution is -0.125. The van der Waals surface area contributed by atoms with Gasteiger partial charge in [-0.25, -0.2) is 0 Å². The van der Waals surface area contributed by atoms with E-state index in [-0.39, 0.29) is 23.8 Å². The fourth-order valence-electron chi connectivity index (χ4n) is 3.40. The van der Waals surface area contributed by atoms with Gasteiger partial charge in [-0.3, -0.25) is 4.79 Å². The third kappa shape index (κ3) is 3.93. The second-order valence-electron chi connectivity index (χ2n) is 6.36. The molecular weight excluding hydrogens is 256 g/mol. The molecule has 1 aliphatic heterocycles. The van der Waals surface area contributed by atoms with Gasteiger partial charge in [-0.1, -0.05) is 12.8 Å². The van der Waals surface area contributed by atoms with E-state index in [0.29, 0.717) is 6.54 Å². The lowest BCUT2D eigenvalue weighted by Crippen LogP contribution is -2.41. The van der Waals surface area contributed by atoms with Gasteiger partial charge in [-0.05, 0) is 25.8 Å². The van der Waals surface area contributed by atoms with Crippen molar-refractivity contribution in [2.45, 2.75) is 32.1 Å². The van der Waals surface area contributed by atoms with Gasteiger partial charge in [0.2, 0.25) is 5.91 Å². The number of nitrogens with zero attached hydrogens (tertiary/aromatic N) is 1. The van der Waals surface area contributed by atoms with Crippen LogP contribution in [0.5, 0.6) is 0 Å². The summed E-state index contributed by atoms with van der Waals surface area (Å²) >= 11 is 0. The maximum absolute atomic E-state index is 12.2. The highest BCUT2D eigenvalue weighted by molar-refractivity contribution is 5.79. The summed E-state index contributed by atoms with van der Waals surface area (Å²) in [4.78, 5) is 14.5. The Kier molecular flexibility index (Phi) is 5.81. The Balaban J connectivity index is 1.72. The summed E-state index contributed by atoms with van der Waals surface area (Å²) in [5, 5.41) is 12.6. The van der Waals surface area contributed by atoms with Gasteiger partial charge in [0.15, 0.2) is 0 Å². The highest BCUT2D eigenvalue weighted by atomic mass is 16.5. The van der Waals surface area contributed by atoms with Crippen LogP contribution in [0.4, 0.5) is 0 Å². The maximum atomic E-state index is 12.2. The second-order valence-corrected chi connectivity index (χ2v) is 6.36. The molecule has 1 saturated heterocycles. The Morgan fingerprint density at radius 3 is 2.85 bits per heavy atom. The molecule has 116 valence electrons. The first-order valence-electron chi connectivity index (χ1n) is 7.79. The lowest BCUT2D eigenvalue weighted by Gasteiger charge is -2.27. The Bertz CT molecular complexity index is 316. The number of likely N-dealkylation sites (tertiary alicyclic amines) is 1. The Hall–Kier alpha value is -0.650. The standard InChI is InChI=1S/C15H28N2O3/c1-20-9-8-17-7-4-13(10-17)14(19)16-11-15(12-18)5-2-3-6-15/h13,18H,2-12H2,1H3,(H,16,19)/t13-/m0/s1. The number of hydrogen-bond acceptors (Lipinski definition) is 4. The van der Waals surface area contributed by atoms with E-state index in [4.69, 9.17) is 4.74 Å². The van der Waals surface area contributed by atoms with Crippen LogP contribution in [0.25, 0.3) is 0 Å². The zero-order valence-corrected chi connectivity index (χ0v) is 12.6. The van der Waals surface area contributed by atoms with Crippen molar-refractivity contribution in [3.63, 3.8) is 0 Å². The zero-order valence-electron chi connectivity index (χ0n) is 12.6. The van der Waals surface area contributed by atoms with Crippen LogP contribution in [-0.2, 0) is 9.53 Å². The Labute approximate surface area is 121 Å². The van der Waals surface area contributed by atoms with Crippen molar-refractivity contribution in [3.8, 4) is 0 Å². The topological polar surface area (TPSA) is 61.8 Å². The molecule has 1 atom stereocenters. The molecule has 0 aromatic carbocycles. The molecule has 1 amide bonds. The average Bonchev–Trinajstić information content (AvgIpc) is 3.12. The summed E-state index contributed by atoms with van der Waals surface area (Å²) in [6.07, 6.45) is 5.35. The summed E-state index contributed by atoms with van der Waals surface area (Å²) in [7, 11) is 1.70. The number of carbonyl (C=O) groups is 1. The maximum Gasteiger partial charge on any atom is 0.224 e. The molecule has 2 fully saturated rings. The first-order valence-corrected chi connectivity index (χ1v) is 7.79. The van der Waals surface area contributed by atoms with Crippen LogP contribution in [0.2, 0.25) is 0 Å². The van der Waals surface area contributed by atoms with Crippen molar-refractivity contribution < 1.29 is 14.6 Å².